The van der Waals surface area contributed by atoms with Gasteiger partial charge >= 0.3 is 11.9 Å². The molecule has 0 saturated heterocycles. The maximum Gasteiger partial charge on any atom is 0.337 e. The number of carbonyl (C=O) groups excluding carboxylic acids is 1. The predicted molar refractivity (Wildman–Crippen MR) is 80.0 cm³/mol. The first-order chi connectivity index (χ1) is 9.63. The van der Waals surface area contributed by atoms with E-state index in [0.717, 1.165) is 30.8 Å². The Bertz CT molecular complexity index is 428. The van der Waals surface area contributed by atoms with Gasteiger partial charge in [0, 0.05) is 12.2 Å². The van der Waals surface area contributed by atoms with Crippen LogP contribution in [0.4, 0.5) is 0 Å². The van der Waals surface area contributed by atoms with E-state index in [-0.39, 0.29) is 12.4 Å². The molecule has 20 heavy (non-hydrogen) atoms. The molecular weight excluding hydrogens is 276 g/mol. The highest BCUT2D eigenvalue weighted by Gasteiger charge is 2.04. The quantitative estimate of drug-likeness (QED) is 0.559. The smallest absolute Gasteiger partial charge is 0.337 e. The second-order valence-corrected chi connectivity index (χ2v) is 5.55. The fraction of sp³-hybridized carbons (Fsp3) is 0.467. The van der Waals surface area contributed by atoms with Gasteiger partial charge in [0.25, 0.3) is 0 Å². The molecule has 4 nitrogen and oxygen atoms in total. The number of rotatable bonds is 9. The maximum absolute atomic E-state index is 11.3. The second kappa shape index (κ2) is 9.42. The van der Waals surface area contributed by atoms with Crippen LogP contribution in [0.2, 0.25) is 0 Å². The third-order valence-corrected chi connectivity index (χ3v) is 3.94. The number of thioether (sulfide) groups is 1. The molecule has 0 bridgehead atoms. The molecule has 1 aromatic carbocycles. The number of hydrogen-bond donors (Lipinski definition) is 1. The van der Waals surface area contributed by atoms with Gasteiger partial charge in [0.05, 0.1) is 12.7 Å². The van der Waals surface area contributed by atoms with Crippen molar-refractivity contribution in [1.29, 1.82) is 0 Å². The van der Waals surface area contributed by atoms with E-state index < -0.39 is 5.97 Å². The number of carboxylic acid groups (broad SMARTS) is 1. The topological polar surface area (TPSA) is 63.6 Å². The molecule has 1 aromatic rings. The summed E-state index contributed by atoms with van der Waals surface area (Å²) in [7, 11) is 1.37. The molecule has 0 saturated carbocycles. The summed E-state index contributed by atoms with van der Waals surface area (Å²) in [6, 6.07) is 7.41. The number of esters is 1. The zero-order chi connectivity index (χ0) is 14.8. The summed E-state index contributed by atoms with van der Waals surface area (Å²) in [5.74, 6) is 0.893. The van der Waals surface area contributed by atoms with Crippen molar-refractivity contribution in [1.82, 2.24) is 0 Å². The molecule has 0 aliphatic heterocycles. The zero-order valence-electron chi connectivity index (χ0n) is 11.6. The fourth-order valence-corrected chi connectivity index (χ4v) is 2.68. The summed E-state index contributed by atoms with van der Waals surface area (Å²) in [6.45, 7) is 0. The van der Waals surface area contributed by atoms with E-state index in [1.54, 1.807) is 12.1 Å². The summed E-state index contributed by atoms with van der Waals surface area (Å²) >= 11 is 1.82. The molecule has 0 aromatic heterocycles. The predicted octanol–water partition coefficient (Wildman–Crippen LogP) is 3.35. The number of carboxylic acids is 1. The Labute approximate surface area is 123 Å². The molecule has 1 N–H and O–H groups in total. The second-order valence-electron chi connectivity index (χ2n) is 4.45. The first-order valence-electron chi connectivity index (χ1n) is 6.60. The van der Waals surface area contributed by atoms with Gasteiger partial charge in [-0.1, -0.05) is 18.6 Å². The fourth-order valence-electron chi connectivity index (χ4n) is 1.70. The highest BCUT2D eigenvalue weighted by atomic mass is 32.2. The largest absolute Gasteiger partial charge is 0.481 e. The van der Waals surface area contributed by atoms with Crippen molar-refractivity contribution < 1.29 is 19.4 Å². The first kappa shape index (κ1) is 16.6. The summed E-state index contributed by atoms with van der Waals surface area (Å²) in [4.78, 5) is 21.6. The van der Waals surface area contributed by atoms with Gasteiger partial charge in [-0.05, 0) is 36.3 Å². The van der Waals surface area contributed by atoms with E-state index in [2.05, 4.69) is 4.74 Å². The van der Waals surface area contributed by atoms with Crippen LogP contribution < -0.4 is 0 Å². The third-order valence-electron chi connectivity index (χ3n) is 2.82. The van der Waals surface area contributed by atoms with Crippen LogP contribution >= 0.6 is 11.8 Å². The van der Waals surface area contributed by atoms with Crippen LogP contribution in [0.25, 0.3) is 0 Å². The van der Waals surface area contributed by atoms with Crippen LogP contribution in [0, 0.1) is 0 Å². The monoisotopic (exact) mass is 296 g/mol. The number of ether oxygens (including phenoxy) is 1. The Morgan fingerprint density at radius 2 is 1.85 bits per heavy atom. The van der Waals surface area contributed by atoms with Crippen molar-refractivity contribution in [2.75, 3.05) is 12.9 Å². The minimum Gasteiger partial charge on any atom is -0.481 e. The average molecular weight is 296 g/mol. The van der Waals surface area contributed by atoms with Crippen LogP contribution in [0.15, 0.2) is 24.3 Å². The van der Waals surface area contributed by atoms with E-state index >= 15 is 0 Å². The van der Waals surface area contributed by atoms with E-state index in [1.165, 1.54) is 12.7 Å². The molecule has 0 fully saturated rings. The van der Waals surface area contributed by atoms with Crippen LogP contribution in [0.1, 0.15) is 41.6 Å². The van der Waals surface area contributed by atoms with Gasteiger partial charge < -0.3 is 9.84 Å². The molecule has 110 valence electrons. The molecule has 0 aliphatic carbocycles. The number of methoxy groups -OCH3 is 1. The molecule has 0 unspecified atom stereocenters. The first-order valence-corrected chi connectivity index (χ1v) is 7.75. The van der Waals surface area contributed by atoms with Gasteiger partial charge in [0.1, 0.15) is 0 Å². The highest BCUT2D eigenvalue weighted by molar-refractivity contribution is 7.98. The number of unbranched alkanes of at least 4 members (excludes halogenated alkanes) is 2. The average Bonchev–Trinajstić information content (AvgIpc) is 2.45. The van der Waals surface area contributed by atoms with Gasteiger partial charge in [0.15, 0.2) is 0 Å². The van der Waals surface area contributed by atoms with Crippen molar-refractivity contribution in [3.05, 3.63) is 35.4 Å². The minimum atomic E-state index is -0.719. The summed E-state index contributed by atoms with van der Waals surface area (Å²) in [6.07, 6.45) is 3.02. The van der Waals surface area contributed by atoms with Crippen molar-refractivity contribution in [3.8, 4) is 0 Å². The normalized spacial score (nSPS) is 10.2. The molecule has 5 heteroatoms. The Hall–Kier alpha value is -1.49. The molecule has 0 aliphatic rings. The number of carbonyl (C=O) groups is 2. The summed E-state index contributed by atoms with van der Waals surface area (Å²) in [5.41, 5.74) is 1.74. The summed E-state index contributed by atoms with van der Waals surface area (Å²) < 4.78 is 4.64. The number of benzene rings is 1. The van der Waals surface area contributed by atoms with E-state index in [4.69, 9.17) is 5.11 Å². The molecule has 0 amide bonds. The Morgan fingerprint density at radius 1 is 1.15 bits per heavy atom. The van der Waals surface area contributed by atoms with E-state index in [9.17, 15) is 9.59 Å². The van der Waals surface area contributed by atoms with Crippen LogP contribution in [0.3, 0.4) is 0 Å². The van der Waals surface area contributed by atoms with Gasteiger partial charge in [-0.2, -0.15) is 11.8 Å². The standard InChI is InChI=1S/C15H20O4S/c1-19-15(18)13-8-6-12(7-9-13)11-20-10-4-2-3-5-14(16)17/h6-9H,2-5,10-11H2,1H3,(H,16,17). The van der Waals surface area contributed by atoms with Crippen LogP contribution in [-0.2, 0) is 15.3 Å². The summed E-state index contributed by atoms with van der Waals surface area (Å²) in [5, 5.41) is 8.51. The maximum atomic E-state index is 11.3. The lowest BCUT2D eigenvalue weighted by atomic mass is 10.1. The molecule has 0 atom stereocenters. The lowest BCUT2D eigenvalue weighted by molar-refractivity contribution is -0.137. The zero-order valence-corrected chi connectivity index (χ0v) is 12.4. The Morgan fingerprint density at radius 3 is 2.45 bits per heavy atom. The van der Waals surface area contributed by atoms with Gasteiger partial charge in [-0.25, -0.2) is 4.79 Å². The molecule has 0 heterocycles. The van der Waals surface area contributed by atoms with Crippen molar-refractivity contribution in [3.63, 3.8) is 0 Å². The molecule has 0 spiro atoms. The highest BCUT2D eigenvalue weighted by Crippen LogP contribution is 2.15. The van der Waals surface area contributed by atoms with E-state index in [1.807, 2.05) is 23.9 Å². The van der Waals surface area contributed by atoms with E-state index in [0.29, 0.717) is 5.56 Å². The lowest BCUT2D eigenvalue weighted by Crippen LogP contribution is -2.00. The Kier molecular flexibility index (Phi) is 7.80. The third kappa shape index (κ3) is 6.61. The SMILES string of the molecule is COC(=O)c1ccc(CSCCCCCC(=O)O)cc1. The van der Waals surface area contributed by atoms with Crippen molar-refractivity contribution in [2.45, 2.75) is 31.4 Å². The van der Waals surface area contributed by atoms with Crippen LogP contribution in [0.5, 0.6) is 0 Å². The molecule has 0 radical (unpaired) electrons. The number of aliphatic carboxylic acids is 1. The Balaban J connectivity index is 2.16. The van der Waals surface area contributed by atoms with Gasteiger partial charge in [-0.3, -0.25) is 4.79 Å². The molecule has 1 rings (SSSR count). The van der Waals surface area contributed by atoms with Gasteiger partial charge in [0.2, 0.25) is 0 Å². The van der Waals surface area contributed by atoms with Crippen LogP contribution in [-0.4, -0.2) is 29.9 Å². The van der Waals surface area contributed by atoms with Gasteiger partial charge in [-0.15, -0.1) is 0 Å². The lowest BCUT2D eigenvalue weighted by Gasteiger charge is -2.03. The number of hydrogen-bond acceptors (Lipinski definition) is 4. The minimum absolute atomic E-state index is 0.264. The van der Waals surface area contributed by atoms with Crippen molar-refractivity contribution >= 4 is 23.7 Å². The molecular formula is C15H20O4S. The van der Waals surface area contributed by atoms with Crippen molar-refractivity contribution in [2.24, 2.45) is 0 Å².